The van der Waals surface area contributed by atoms with Gasteiger partial charge in [0, 0.05) is 17.7 Å². The molecule has 1 amide bonds. The molecule has 8 heteroatoms. The fourth-order valence-electron chi connectivity index (χ4n) is 4.72. The van der Waals surface area contributed by atoms with E-state index in [1.54, 1.807) is 6.92 Å². The Labute approximate surface area is 195 Å². The lowest BCUT2D eigenvalue weighted by Gasteiger charge is -2.36. The number of hydrogen-bond acceptors (Lipinski definition) is 5. The Bertz CT molecular complexity index is 791. The second kappa shape index (κ2) is 11.5. The van der Waals surface area contributed by atoms with E-state index in [1.165, 1.54) is 6.07 Å². The maximum atomic E-state index is 14.2. The van der Waals surface area contributed by atoms with Crippen molar-refractivity contribution in [3.63, 3.8) is 0 Å². The van der Waals surface area contributed by atoms with E-state index in [-0.39, 0.29) is 29.9 Å². The molecule has 2 aliphatic rings. The predicted molar refractivity (Wildman–Crippen MR) is 123 cm³/mol. The van der Waals surface area contributed by atoms with Crippen molar-refractivity contribution in [1.82, 2.24) is 10.6 Å². The number of rotatable bonds is 7. The number of alkyl carbamates (subject to hydrolysis) is 1. The van der Waals surface area contributed by atoms with Gasteiger partial charge in [-0.25, -0.2) is 13.6 Å². The van der Waals surface area contributed by atoms with Crippen molar-refractivity contribution in [2.75, 3.05) is 19.8 Å². The molecule has 33 heavy (non-hydrogen) atoms. The number of ether oxygens (including phenoxy) is 3. The van der Waals surface area contributed by atoms with E-state index in [1.807, 2.05) is 20.8 Å². The molecular formula is C25H38F2N2O4. The third-order valence-electron chi connectivity index (χ3n) is 6.24. The van der Waals surface area contributed by atoms with E-state index in [2.05, 4.69) is 10.6 Å². The molecule has 2 atom stereocenters. The van der Waals surface area contributed by atoms with Gasteiger partial charge >= 0.3 is 6.09 Å². The molecule has 0 aromatic heterocycles. The first-order valence-electron chi connectivity index (χ1n) is 12.1. The number of nitrogens with one attached hydrogen (secondary N) is 2. The van der Waals surface area contributed by atoms with Crippen molar-refractivity contribution in [3.05, 3.63) is 29.3 Å². The number of amides is 1. The van der Waals surface area contributed by atoms with Crippen LogP contribution in [0.3, 0.4) is 0 Å². The van der Waals surface area contributed by atoms with Crippen LogP contribution in [0.15, 0.2) is 12.1 Å². The zero-order valence-corrected chi connectivity index (χ0v) is 20.2. The molecule has 2 fully saturated rings. The summed E-state index contributed by atoms with van der Waals surface area (Å²) in [7, 11) is 0. The van der Waals surface area contributed by atoms with Crippen LogP contribution in [-0.4, -0.2) is 49.6 Å². The molecule has 1 saturated carbocycles. The zero-order valence-electron chi connectivity index (χ0n) is 20.2. The van der Waals surface area contributed by atoms with Gasteiger partial charge in [-0.2, -0.15) is 0 Å². The minimum absolute atomic E-state index is 0.0193. The summed E-state index contributed by atoms with van der Waals surface area (Å²) >= 11 is 0. The monoisotopic (exact) mass is 468 g/mol. The largest absolute Gasteiger partial charge is 0.491 e. The fourth-order valence-corrected chi connectivity index (χ4v) is 4.72. The molecule has 1 aromatic carbocycles. The van der Waals surface area contributed by atoms with Crippen molar-refractivity contribution in [2.24, 2.45) is 0 Å². The third kappa shape index (κ3) is 7.54. The SMILES string of the molecule is CCOc1c(F)cc(F)cc1[C@H]1CC[C@@H](OCC2NCCCC2NC(=O)OC(C)(C)C)CC1. The minimum atomic E-state index is -0.642. The summed E-state index contributed by atoms with van der Waals surface area (Å²) in [5, 5.41) is 6.43. The fraction of sp³-hybridized carbons (Fsp3) is 0.720. The van der Waals surface area contributed by atoms with Crippen LogP contribution in [0.25, 0.3) is 0 Å². The van der Waals surface area contributed by atoms with Crippen molar-refractivity contribution < 1.29 is 27.8 Å². The minimum Gasteiger partial charge on any atom is -0.491 e. The summed E-state index contributed by atoms with van der Waals surface area (Å²) in [5.74, 6) is -0.995. The van der Waals surface area contributed by atoms with E-state index in [0.29, 0.717) is 18.8 Å². The molecular weight excluding hydrogens is 430 g/mol. The van der Waals surface area contributed by atoms with Crippen LogP contribution < -0.4 is 15.4 Å². The lowest BCUT2D eigenvalue weighted by molar-refractivity contribution is 0.00156. The average Bonchev–Trinajstić information content (AvgIpc) is 2.74. The van der Waals surface area contributed by atoms with Crippen LogP contribution in [0.5, 0.6) is 5.75 Å². The molecule has 2 unspecified atom stereocenters. The van der Waals surface area contributed by atoms with Gasteiger partial charge in [0.25, 0.3) is 0 Å². The average molecular weight is 469 g/mol. The highest BCUT2D eigenvalue weighted by atomic mass is 19.1. The van der Waals surface area contributed by atoms with E-state index in [0.717, 1.165) is 51.1 Å². The van der Waals surface area contributed by atoms with Gasteiger partial charge in [-0.1, -0.05) is 0 Å². The Kier molecular flexibility index (Phi) is 8.93. The van der Waals surface area contributed by atoms with Gasteiger partial charge in [0.05, 0.1) is 25.4 Å². The highest BCUT2D eigenvalue weighted by Crippen LogP contribution is 2.40. The Morgan fingerprint density at radius 3 is 2.55 bits per heavy atom. The van der Waals surface area contributed by atoms with Gasteiger partial charge in [0.1, 0.15) is 11.4 Å². The number of piperidine rings is 1. The first-order chi connectivity index (χ1) is 15.7. The number of carbonyl (C=O) groups excluding carboxylic acids is 1. The van der Waals surface area contributed by atoms with E-state index in [9.17, 15) is 13.6 Å². The lowest BCUT2D eigenvalue weighted by Crippen LogP contribution is -2.56. The summed E-state index contributed by atoms with van der Waals surface area (Å²) in [6.45, 7) is 9.05. The number of carbonyl (C=O) groups is 1. The molecule has 0 radical (unpaired) electrons. The van der Waals surface area contributed by atoms with Gasteiger partial charge in [-0.3, -0.25) is 0 Å². The van der Waals surface area contributed by atoms with Crippen molar-refractivity contribution in [2.45, 2.75) is 95.9 Å². The predicted octanol–water partition coefficient (Wildman–Crippen LogP) is 5.05. The van der Waals surface area contributed by atoms with Crippen molar-refractivity contribution >= 4 is 6.09 Å². The maximum Gasteiger partial charge on any atom is 0.407 e. The van der Waals surface area contributed by atoms with Crippen molar-refractivity contribution in [1.29, 1.82) is 0 Å². The van der Waals surface area contributed by atoms with Gasteiger partial charge in [0.2, 0.25) is 0 Å². The van der Waals surface area contributed by atoms with Gasteiger partial charge < -0.3 is 24.8 Å². The lowest BCUT2D eigenvalue weighted by atomic mass is 9.82. The van der Waals surface area contributed by atoms with Crippen LogP contribution in [0.4, 0.5) is 13.6 Å². The van der Waals surface area contributed by atoms with Crippen LogP contribution >= 0.6 is 0 Å². The number of halogens is 2. The second-order valence-corrected chi connectivity index (χ2v) is 10.0. The standard InChI is InChI=1S/C25H38F2N2O4/c1-5-31-23-19(13-17(26)14-20(23)27)16-8-10-18(11-9-16)32-15-22-21(7-6-12-28-22)29-24(30)33-25(2,3)4/h13-14,16,18,21-22,28H,5-12,15H2,1-4H3,(H,29,30)/t16-,18+,21?,22?. The molecule has 1 saturated heterocycles. The summed E-state index contributed by atoms with van der Waals surface area (Å²) in [6, 6.07) is 2.25. The summed E-state index contributed by atoms with van der Waals surface area (Å²) < 4.78 is 45.2. The molecule has 2 N–H and O–H groups in total. The van der Waals surface area contributed by atoms with Crippen LogP contribution in [0.2, 0.25) is 0 Å². The topological polar surface area (TPSA) is 68.8 Å². The molecule has 1 aliphatic heterocycles. The van der Waals surface area contributed by atoms with E-state index in [4.69, 9.17) is 14.2 Å². The quantitative estimate of drug-likeness (QED) is 0.586. The van der Waals surface area contributed by atoms with Crippen LogP contribution in [0, 0.1) is 11.6 Å². The van der Waals surface area contributed by atoms with Crippen LogP contribution in [-0.2, 0) is 9.47 Å². The smallest absolute Gasteiger partial charge is 0.407 e. The first-order valence-corrected chi connectivity index (χ1v) is 12.1. The maximum absolute atomic E-state index is 14.2. The molecule has 6 nitrogen and oxygen atoms in total. The van der Waals surface area contributed by atoms with Crippen molar-refractivity contribution in [3.8, 4) is 5.75 Å². The number of hydrogen-bond donors (Lipinski definition) is 2. The zero-order chi connectivity index (χ0) is 24.0. The Balaban J connectivity index is 1.51. The molecule has 1 aliphatic carbocycles. The second-order valence-electron chi connectivity index (χ2n) is 10.0. The molecule has 0 bridgehead atoms. The Morgan fingerprint density at radius 2 is 1.88 bits per heavy atom. The molecule has 3 rings (SSSR count). The molecule has 186 valence electrons. The Hall–Kier alpha value is -1.93. The summed E-state index contributed by atoms with van der Waals surface area (Å²) in [5.41, 5.74) is 0.0760. The Morgan fingerprint density at radius 1 is 1.15 bits per heavy atom. The summed E-state index contributed by atoms with van der Waals surface area (Å²) in [6.07, 6.45) is 4.72. The molecule has 0 spiro atoms. The number of benzene rings is 1. The van der Waals surface area contributed by atoms with Crippen LogP contribution in [0.1, 0.15) is 77.7 Å². The van der Waals surface area contributed by atoms with Gasteiger partial charge in [-0.05, 0) is 84.7 Å². The first kappa shape index (κ1) is 25.7. The molecule has 1 aromatic rings. The van der Waals surface area contributed by atoms with Gasteiger partial charge in [0.15, 0.2) is 11.6 Å². The third-order valence-corrected chi connectivity index (χ3v) is 6.24. The molecule has 1 heterocycles. The normalized spacial score (nSPS) is 26.0. The summed E-state index contributed by atoms with van der Waals surface area (Å²) in [4.78, 5) is 12.2. The van der Waals surface area contributed by atoms with E-state index >= 15 is 0 Å². The van der Waals surface area contributed by atoms with E-state index < -0.39 is 23.3 Å². The highest BCUT2D eigenvalue weighted by Gasteiger charge is 2.31. The van der Waals surface area contributed by atoms with Gasteiger partial charge in [-0.15, -0.1) is 0 Å². The highest BCUT2D eigenvalue weighted by molar-refractivity contribution is 5.68.